The van der Waals surface area contributed by atoms with E-state index in [1.807, 2.05) is 0 Å². The first kappa shape index (κ1) is 25.9. The molecule has 1 aliphatic carbocycles. The van der Waals surface area contributed by atoms with Crippen molar-refractivity contribution in [1.82, 2.24) is 20.5 Å². The van der Waals surface area contributed by atoms with E-state index in [-0.39, 0.29) is 45.3 Å². The van der Waals surface area contributed by atoms with Gasteiger partial charge in [0, 0.05) is 24.4 Å². The highest BCUT2D eigenvalue weighted by molar-refractivity contribution is 6.40. The first-order valence-electron chi connectivity index (χ1n) is 12.4. The lowest BCUT2D eigenvalue weighted by Crippen LogP contribution is -2.53. The summed E-state index contributed by atoms with van der Waals surface area (Å²) in [6.45, 7) is 0.0801. The van der Waals surface area contributed by atoms with Crippen molar-refractivity contribution < 1.29 is 28.7 Å². The first-order chi connectivity index (χ1) is 17.7. The molecule has 1 aromatic carbocycles. The summed E-state index contributed by atoms with van der Waals surface area (Å²) >= 11 is 12.2. The zero-order valence-corrected chi connectivity index (χ0v) is 21.4. The maximum Gasteiger partial charge on any atom is 0.271 e. The van der Waals surface area contributed by atoms with E-state index in [0.717, 1.165) is 25.3 Å². The van der Waals surface area contributed by atoms with Gasteiger partial charge >= 0.3 is 0 Å². The lowest BCUT2D eigenvalue weighted by Gasteiger charge is -2.29. The van der Waals surface area contributed by atoms with Gasteiger partial charge in [-0.3, -0.25) is 19.2 Å². The molecule has 2 aliphatic heterocycles. The SMILES string of the molecule is O=C1NCCC1CC(NC(=O)C1C2CCCC2CN1C(=O)c1cc2c(Cl)c(F)cc(Cl)c2[nH]1)C(=O)CO. The van der Waals surface area contributed by atoms with E-state index < -0.39 is 48.0 Å². The summed E-state index contributed by atoms with van der Waals surface area (Å²) in [5, 5.41) is 15.1. The molecule has 1 saturated carbocycles. The van der Waals surface area contributed by atoms with Gasteiger partial charge in [-0.25, -0.2) is 4.39 Å². The Hall–Kier alpha value is -2.69. The van der Waals surface area contributed by atoms with E-state index in [2.05, 4.69) is 15.6 Å². The van der Waals surface area contributed by atoms with Gasteiger partial charge in [-0.05, 0) is 49.7 Å². The van der Waals surface area contributed by atoms with E-state index in [4.69, 9.17) is 23.2 Å². The quantitative estimate of drug-likeness (QED) is 0.392. The summed E-state index contributed by atoms with van der Waals surface area (Å²) < 4.78 is 14.1. The summed E-state index contributed by atoms with van der Waals surface area (Å²) in [6, 6.07) is 0.614. The number of likely N-dealkylation sites (tertiary alicyclic amines) is 1. The Kier molecular flexibility index (Phi) is 7.17. The molecule has 5 rings (SSSR count). The molecule has 3 aliphatic rings. The highest BCUT2D eigenvalue weighted by atomic mass is 35.5. The average Bonchev–Trinajstić information content (AvgIpc) is 3.65. The number of H-pyrrole nitrogens is 1. The maximum absolute atomic E-state index is 14.1. The van der Waals surface area contributed by atoms with Gasteiger partial charge in [0.15, 0.2) is 5.78 Å². The number of amides is 3. The zero-order valence-electron chi connectivity index (χ0n) is 19.9. The van der Waals surface area contributed by atoms with E-state index in [9.17, 15) is 28.7 Å². The molecule has 0 radical (unpaired) electrons. The van der Waals surface area contributed by atoms with Gasteiger partial charge in [0.1, 0.15) is 24.2 Å². The molecule has 5 atom stereocenters. The fourth-order valence-corrected chi connectivity index (χ4v) is 6.55. The molecule has 2 aromatic rings. The second-order valence-corrected chi connectivity index (χ2v) is 10.9. The van der Waals surface area contributed by atoms with Crippen molar-refractivity contribution in [2.24, 2.45) is 17.8 Å². The number of hydrogen-bond donors (Lipinski definition) is 4. The normalized spacial score (nSPS) is 25.8. The molecule has 4 N–H and O–H groups in total. The van der Waals surface area contributed by atoms with E-state index in [0.29, 0.717) is 25.0 Å². The van der Waals surface area contributed by atoms with Crippen LogP contribution in [-0.4, -0.2) is 70.3 Å². The largest absolute Gasteiger partial charge is 0.389 e. The minimum absolute atomic E-state index is 0.0739. The molecule has 3 amide bonds. The molecule has 9 nitrogen and oxygen atoms in total. The first-order valence-corrected chi connectivity index (χ1v) is 13.1. The Bertz CT molecular complexity index is 1280. The van der Waals surface area contributed by atoms with Crippen molar-refractivity contribution in [2.45, 2.75) is 44.2 Å². The molecule has 12 heteroatoms. The third-order valence-corrected chi connectivity index (χ3v) is 8.63. The van der Waals surface area contributed by atoms with Crippen LogP contribution in [0.1, 0.15) is 42.6 Å². The van der Waals surface area contributed by atoms with Crippen molar-refractivity contribution in [3.05, 3.63) is 33.7 Å². The minimum atomic E-state index is -1.04. The van der Waals surface area contributed by atoms with Gasteiger partial charge in [0.05, 0.1) is 21.6 Å². The number of aromatic nitrogens is 1. The second-order valence-electron chi connectivity index (χ2n) is 10.1. The number of Topliss-reactive ketones (excluding diaryl/α,β-unsaturated/α-hetero) is 1. The Morgan fingerprint density at radius 1 is 1.22 bits per heavy atom. The summed E-state index contributed by atoms with van der Waals surface area (Å²) in [4.78, 5) is 56.2. The number of fused-ring (bicyclic) bond motifs is 2. The lowest BCUT2D eigenvalue weighted by atomic mass is 9.92. The maximum atomic E-state index is 14.1. The third kappa shape index (κ3) is 4.70. The summed E-state index contributed by atoms with van der Waals surface area (Å²) in [5.41, 5.74) is 0.438. The van der Waals surface area contributed by atoms with E-state index >= 15 is 0 Å². The average molecular weight is 553 g/mol. The molecule has 5 unspecified atom stereocenters. The molecule has 37 heavy (non-hydrogen) atoms. The monoisotopic (exact) mass is 552 g/mol. The van der Waals surface area contributed by atoms with Gasteiger partial charge < -0.3 is 25.6 Å². The molecule has 2 saturated heterocycles. The molecular formula is C25H27Cl2FN4O5. The number of nitrogens with one attached hydrogen (secondary N) is 3. The van der Waals surface area contributed by atoms with Crippen molar-refractivity contribution in [3.63, 3.8) is 0 Å². The van der Waals surface area contributed by atoms with Crippen molar-refractivity contribution in [1.29, 1.82) is 0 Å². The number of rotatable bonds is 7. The Morgan fingerprint density at radius 3 is 2.70 bits per heavy atom. The standard InChI is InChI=1S/C25H27Cl2FN4O5/c26-15-8-16(28)20(27)14-7-18(30-21(14)15)25(37)32-9-12-2-1-3-13(12)22(32)24(36)31-17(19(34)10-33)6-11-4-5-29-23(11)35/h7-8,11-13,17,22,30,33H,1-6,9-10H2,(H,29,35)(H,31,36). The van der Waals surface area contributed by atoms with Gasteiger partial charge in [0.25, 0.3) is 5.91 Å². The third-order valence-electron chi connectivity index (χ3n) is 7.95. The van der Waals surface area contributed by atoms with Crippen LogP contribution in [0, 0.1) is 23.6 Å². The fourth-order valence-electron chi connectivity index (χ4n) is 6.10. The Labute approximate surface area is 222 Å². The van der Waals surface area contributed by atoms with Crippen molar-refractivity contribution >= 4 is 57.6 Å². The molecular weight excluding hydrogens is 526 g/mol. The van der Waals surface area contributed by atoms with Crippen LogP contribution in [0.2, 0.25) is 10.0 Å². The minimum Gasteiger partial charge on any atom is -0.389 e. The summed E-state index contributed by atoms with van der Waals surface area (Å²) in [6.07, 6.45) is 3.17. The van der Waals surface area contributed by atoms with Gasteiger partial charge in [0.2, 0.25) is 11.8 Å². The van der Waals surface area contributed by atoms with Crippen LogP contribution in [0.25, 0.3) is 10.9 Å². The number of aliphatic hydroxyl groups excluding tert-OH is 1. The van der Waals surface area contributed by atoms with Crippen LogP contribution >= 0.6 is 23.2 Å². The number of halogens is 3. The number of nitrogens with zero attached hydrogens (tertiary/aromatic N) is 1. The number of aliphatic hydroxyl groups is 1. The van der Waals surface area contributed by atoms with Crippen LogP contribution in [0.15, 0.2) is 12.1 Å². The number of aromatic amines is 1. The number of hydrogen-bond acceptors (Lipinski definition) is 5. The summed E-state index contributed by atoms with van der Waals surface area (Å²) in [7, 11) is 0. The molecule has 1 aromatic heterocycles. The number of carbonyl (C=O) groups excluding carboxylic acids is 4. The molecule has 0 bridgehead atoms. The molecule has 198 valence electrons. The van der Waals surface area contributed by atoms with Crippen molar-refractivity contribution in [2.75, 3.05) is 19.7 Å². The van der Waals surface area contributed by atoms with Crippen molar-refractivity contribution in [3.8, 4) is 0 Å². The Balaban J connectivity index is 1.41. The van der Waals surface area contributed by atoms with Gasteiger partial charge in [-0.2, -0.15) is 0 Å². The van der Waals surface area contributed by atoms with E-state index in [1.54, 1.807) is 0 Å². The van der Waals surface area contributed by atoms with Gasteiger partial charge in [-0.15, -0.1) is 0 Å². The van der Waals surface area contributed by atoms with Gasteiger partial charge in [-0.1, -0.05) is 29.6 Å². The van der Waals surface area contributed by atoms with Crippen LogP contribution in [0.4, 0.5) is 4.39 Å². The fraction of sp³-hybridized carbons (Fsp3) is 0.520. The number of carbonyl (C=O) groups is 4. The van der Waals surface area contributed by atoms with Crippen LogP contribution in [-0.2, 0) is 14.4 Å². The molecule has 3 fully saturated rings. The topological polar surface area (TPSA) is 132 Å². The van der Waals surface area contributed by atoms with Crippen LogP contribution in [0.5, 0.6) is 0 Å². The van der Waals surface area contributed by atoms with Crippen LogP contribution < -0.4 is 10.6 Å². The second kappa shape index (κ2) is 10.2. The predicted molar refractivity (Wildman–Crippen MR) is 134 cm³/mol. The molecule has 0 spiro atoms. The highest BCUT2D eigenvalue weighted by Crippen LogP contribution is 2.43. The Morgan fingerprint density at radius 2 is 2.00 bits per heavy atom. The van der Waals surface area contributed by atoms with E-state index in [1.165, 1.54) is 11.0 Å². The summed E-state index contributed by atoms with van der Waals surface area (Å²) in [5.74, 6) is -2.84. The smallest absolute Gasteiger partial charge is 0.271 e. The number of benzene rings is 1. The number of ketones is 1. The lowest BCUT2D eigenvalue weighted by molar-refractivity contribution is -0.133. The van der Waals surface area contributed by atoms with Crippen LogP contribution in [0.3, 0.4) is 0 Å². The highest BCUT2D eigenvalue weighted by Gasteiger charge is 2.50. The predicted octanol–water partition coefficient (Wildman–Crippen LogP) is 2.43. The molecule has 3 heterocycles. The zero-order chi connectivity index (χ0) is 26.4.